The zero-order valence-corrected chi connectivity index (χ0v) is 13.6. The third-order valence-electron chi connectivity index (χ3n) is 3.43. The van der Waals surface area contributed by atoms with E-state index in [1.165, 1.54) is 12.7 Å². The average Bonchev–Trinajstić information content (AvgIpc) is 2.50. The van der Waals surface area contributed by atoms with Gasteiger partial charge in [0.15, 0.2) is 0 Å². The summed E-state index contributed by atoms with van der Waals surface area (Å²) in [7, 11) is 1.34. The van der Waals surface area contributed by atoms with Gasteiger partial charge in [-0.3, -0.25) is 4.99 Å². The van der Waals surface area contributed by atoms with E-state index < -0.39 is 5.97 Å². The minimum absolute atomic E-state index is 0.284. The number of benzene rings is 1. The summed E-state index contributed by atoms with van der Waals surface area (Å²) in [4.78, 5) is 20.6. The summed E-state index contributed by atoms with van der Waals surface area (Å²) in [5.41, 5.74) is 6.14. The number of pyridine rings is 1. The van der Waals surface area contributed by atoms with Crippen LogP contribution in [0.15, 0.2) is 35.3 Å². The molecule has 0 aliphatic rings. The van der Waals surface area contributed by atoms with E-state index in [1.54, 1.807) is 12.1 Å². The van der Waals surface area contributed by atoms with Gasteiger partial charge >= 0.3 is 5.97 Å². The SMILES string of the molecule is COC(=O)c1cccc(C(C)=Nc2c(C)cc(C)cc2C)n1. The maximum Gasteiger partial charge on any atom is 0.356 e. The fraction of sp³-hybridized carbons (Fsp3) is 0.278. The van der Waals surface area contributed by atoms with Gasteiger partial charge in [-0.2, -0.15) is 0 Å². The lowest BCUT2D eigenvalue weighted by molar-refractivity contribution is 0.0594. The molecule has 2 aromatic rings. The largest absolute Gasteiger partial charge is 0.464 e. The third kappa shape index (κ3) is 3.39. The number of carbonyl (C=O) groups is 1. The smallest absolute Gasteiger partial charge is 0.356 e. The maximum absolute atomic E-state index is 11.6. The quantitative estimate of drug-likeness (QED) is 0.637. The van der Waals surface area contributed by atoms with Crippen molar-refractivity contribution in [3.05, 3.63) is 58.4 Å². The van der Waals surface area contributed by atoms with Gasteiger partial charge in [0.05, 0.1) is 24.2 Å². The molecule has 0 bridgehead atoms. The summed E-state index contributed by atoms with van der Waals surface area (Å²) in [5, 5.41) is 0. The van der Waals surface area contributed by atoms with E-state index in [-0.39, 0.29) is 5.69 Å². The molecule has 1 heterocycles. The van der Waals surface area contributed by atoms with Crippen molar-refractivity contribution < 1.29 is 9.53 Å². The Morgan fingerprint density at radius 1 is 1.09 bits per heavy atom. The number of esters is 1. The van der Waals surface area contributed by atoms with Crippen molar-refractivity contribution in [1.29, 1.82) is 0 Å². The van der Waals surface area contributed by atoms with Crippen molar-refractivity contribution >= 4 is 17.4 Å². The topological polar surface area (TPSA) is 51.5 Å². The molecule has 0 fully saturated rings. The van der Waals surface area contributed by atoms with Crippen LogP contribution in [0.25, 0.3) is 0 Å². The van der Waals surface area contributed by atoms with Gasteiger partial charge in [-0.15, -0.1) is 0 Å². The van der Waals surface area contributed by atoms with Crippen LogP contribution in [0.3, 0.4) is 0 Å². The van der Waals surface area contributed by atoms with Crippen LogP contribution in [0.4, 0.5) is 5.69 Å². The lowest BCUT2D eigenvalue weighted by Gasteiger charge is -2.09. The lowest BCUT2D eigenvalue weighted by Crippen LogP contribution is -2.08. The van der Waals surface area contributed by atoms with E-state index in [1.807, 2.05) is 26.8 Å². The minimum atomic E-state index is -0.447. The van der Waals surface area contributed by atoms with Crippen LogP contribution in [-0.4, -0.2) is 23.8 Å². The van der Waals surface area contributed by atoms with Crippen LogP contribution < -0.4 is 0 Å². The predicted molar refractivity (Wildman–Crippen MR) is 88.1 cm³/mol. The molecule has 4 heteroatoms. The van der Waals surface area contributed by atoms with Crippen LogP contribution in [-0.2, 0) is 4.74 Å². The van der Waals surface area contributed by atoms with Gasteiger partial charge in [-0.25, -0.2) is 9.78 Å². The van der Waals surface area contributed by atoms with Crippen LogP contribution in [0, 0.1) is 20.8 Å². The molecular weight excluding hydrogens is 276 g/mol. The van der Waals surface area contributed by atoms with Gasteiger partial charge in [-0.1, -0.05) is 23.8 Å². The van der Waals surface area contributed by atoms with Gasteiger partial charge in [0, 0.05) is 0 Å². The molecule has 114 valence electrons. The number of aliphatic imine (C=N–C) groups is 1. The highest BCUT2D eigenvalue weighted by molar-refractivity contribution is 6.00. The normalized spacial score (nSPS) is 11.4. The molecule has 4 nitrogen and oxygen atoms in total. The third-order valence-corrected chi connectivity index (χ3v) is 3.43. The monoisotopic (exact) mass is 296 g/mol. The highest BCUT2D eigenvalue weighted by Crippen LogP contribution is 2.25. The van der Waals surface area contributed by atoms with E-state index in [9.17, 15) is 4.79 Å². The Morgan fingerprint density at radius 3 is 2.27 bits per heavy atom. The molecule has 0 saturated carbocycles. The first-order valence-electron chi connectivity index (χ1n) is 7.11. The van der Waals surface area contributed by atoms with Crippen LogP contribution >= 0.6 is 0 Å². The number of aryl methyl sites for hydroxylation is 3. The molecule has 0 saturated heterocycles. The van der Waals surface area contributed by atoms with E-state index in [0.717, 1.165) is 22.5 Å². The van der Waals surface area contributed by atoms with Crippen LogP contribution in [0.5, 0.6) is 0 Å². The second kappa shape index (κ2) is 6.52. The number of methoxy groups -OCH3 is 1. The number of hydrogen-bond acceptors (Lipinski definition) is 4. The van der Waals surface area contributed by atoms with E-state index >= 15 is 0 Å². The number of hydrogen-bond donors (Lipinski definition) is 0. The summed E-state index contributed by atoms with van der Waals surface area (Å²) >= 11 is 0. The first-order valence-corrected chi connectivity index (χ1v) is 7.11. The zero-order chi connectivity index (χ0) is 16.3. The highest BCUT2D eigenvalue weighted by Gasteiger charge is 2.10. The molecule has 0 amide bonds. The van der Waals surface area contributed by atoms with Gasteiger partial charge < -0.3 is 4.74 Å². The Hall–Kier alpha value is -2.49. The maximum atomic E-state index is 11.6. The molecule has 0 atom stereocenters. The van der Waals surface area contributed by atoms with Crippen molar-refractivity contribution in [1.82, 2.24) is 4.98 Å². The van der Waals surface area contributed by atoms with Gasteiger partial charge in [-0.05, 0) is 51.0 Å². The number of carbonyl (C=O) groups excluding carboxylic acids is 1. The Bertz CT molecular complexity index is 725. The molecule has 0 aliphatic carbocycles. The van der Waals surface area contributed by atoms with Crippen molar-refractivity contribution in [2.45, 2.75) is 27.7 Å². The molecule has 1 aromatic carbocycles. The van der Waals surface area contributed by atoms with Crippen LogP contribution in [0.1, 0.15) is 39.8 Å². The standard InChI is InChI=1S/C18H20N2O2/c1-11-9-12(2)17(13(3)10-11)19-14(4)15-7-6-8-16(20-15)18(21)22-5/h6-10H,1-5H3. The van der Waals surface area contributed by atoms with E-state index in [4.69, 9.17) is 9.73 Å². The summed E-state index contributed by atoms with van der Waals surface area (Å²) in [5.74, 6) is -0.447. The Balaban J connectivity index is 2.44. The summed E-state index contributed by atoms with van der Waals surface area (Å²) < 4.78 is 4.70. The summed E-state index contributed by atoms with van der Waals surface area (Å²) in [6, 6.07) is 9.46. The number of aromatic nitrogens is 1. The fourth-order valence-electron chi connectivity index (χ4n) is 2.43. The Morgan fingerprint density at radius 2 is 1.68 bits per heavy atom. The molecule has 0 radical (unpaired) electrons. The predicted octanol–water partition coefficient (Wildman–Crippen LogP) is 3.93. The minimum Gasteiger partial charge on any atom is -0.464 e. The molecule has 0 aliphatic heterocycles. The fourth-order valence-corrected chi connectivity index (χ4v) is 2.43. The Labute approximate surface area is 130 Å². The highest BCUT2D eigenvalue weighted by atomic mass is 16.5. The van der Waals surface area contributed by atoms with Crippen molar-refractivity contribution in [3.63, 3.8) is 0 Å². The van der Waals surface area contributed by atoms with Gasteiger partial charge in [0.1, 0.15) is 5.69 Å². The van der Waals surface area contributed by atoms with Gasteiger partial charge in [0.2, 0.25) is 0 Å². The summed E-state index contributed by atoms with van der Waals surface area (Å²) in [6.45, 7) is 8.05. The molecule has 2 rings (SSSR count). The average molecular weight is 296 g/mol. The lowest BCUT2D eigenvalue weighted by atomic mass is 10.1. The summed E-state index contributed by atoms with van der Waals surface area (Å²) in [6.07, 6.45) is 0. The first kappa shape index (κ1) is 15.9. The van der Waals surface area contributed by atoms with Crippen molar-refractivity contribution in [2.24, 2.45) is 4.99 Å². The second-order valence-corrected chi connectivity index (χ2v) is 5.34. The number of rotatable bonds is 3. The molecule has 0 N–H and O–H groups in total. The second-order valence-electron chi connectivity index (χ2n) is 5.34. The van der Waals surface area contributed by atoms with Crippen molar-refractivity contribution in [3.8, 4) is 0 Å². The van der Waals surface area contributed by atoms with Crippen LogP contribution in [0.2, 0.25) is 0 Å². The number of ether oxygens (including phenoxy) is 1. The molecular formula is C18H20N2O2. The van der Waals surface area contributed by atoms with E-state index in [0.29, 0.717) is 5.69 Å². The first-order chi connectivity index (χ1) is 10.4. The van der Waals surface area contributed by atoms with E-state index in [2.05, 4.69) is 24.0 Å². The molecule has 0 unspecified atom stereocenters. The number of nitrogens with zero attached hydrogens (tertiary/aromatic N) is 2. The van der Waals surface area contributed by atoms with Crippen molar-refractivity contribution in [2.75, 3.05) is 7.11 Å². The molecule has 22 heavy (non-hydrogen) atoms. The van der Waals surface area contributed by atoms with Gasteiger partial charge in [0.25, 0.3) is 0 Å². The zero-order valence-electron chi connectivity index (χ0n) is 13.6. The Kier molecular flexibility index (Phi) is 4.71. The molecule has 0 spiro atoms. The molecule has 1 aromatic heterocycles.